The number of hydrogen-bond donors (Lipinski definition) is 4. The van der Waals surface area contributed by atoms with Gasteiger partial charge in [0.05, 0.1) is 5.56 Å². The smallest absolute Gasteiger partial charge is 0.526 e. The van der Waals surface area contributed by atoms with Crippen molar-refractivity contribution in [3.05, 3.63) is 53.2 Å². The number of aromatic nitrogens is 1. The lowest BCUT2D eigenvalue weighted by Gasteiger charge is -2.33. The topological polar surface area (TPSA) is 192 Å². The van der Waals surface area contributed by atoms with E-state index in [1.807, 2.05) is 0 Å². The summed E-state index contributed by atoms with van der Waals surface area (Å²) in [6, 6.07) is 5.28. The Morgan fingerprint density at radius 1 is 1.21 bits per heavy atom. The first-order valence-corrected chi connectivity index (χ1v) is 12.0. The molecular weight excluding hydrogens is 497 g/mol. The number of nitrogen functional groups attached to an aromatic ring is 1. The fourth-order valence-corrected chi connectivity index (χ4v) is 4.51. The van der Waals surface area contributed by atoms with E-state index >= 15 is 0 Å². The Bertz CT molecular complexity index is 1290. The number of imide groups is 1. The van der Waals surface area contributed by atoms with Crippen LogP contribution in [0.25, 0.3) is 0 Å². The van der Waals surface area contributed by atoms with Gasteiger partial charge in [-0.25, -0.2) is 14.6 Å². The number of hydrogen-bond acceptors (Lipinski definition) is 9. The lowest BCUT2D eigenvalue weighted by molar-refractivity contribution is -0.153. The van der Waals surface area contributed by atoms with Gasteiger partial charge >= 0.3 is 30.9 Å². The second-order valence-corrected chi connectivity index (χ2v) is 8.98. The standard InChI is InChI=1S/C24H26BN5O8/c1-2-29-8-9-30(22(33)21(29)32)24(36)28-19(14-6-7-18(26)27-12-14)17(31)11-15-10-13-4-3-5-16(23(34)35)20(13)38-25(15)37/h3-7,12,15,19,37H,2,8-11H2,1H3,(H2,26,27)(H,28,36)(H,34,35)/t15-,19?/m1/s1. The van der Waals surface area contributed by atoms with Gasteiger partial charge in [-0.15, -0.1) is 0 Å². The zero-order valence-corrected chi connectivity index (χ0v) is 20.5. The summed E-state index contributed by atoms with van der Waals surface area (Å²) in [6.45, 7) is 2.16. The van der Waals surface area contributed by atoms with E-state index in [2.05, 4.69) is 10.3 Å². The Kier molecular flexibility index (Phi) is 7.62. The molecule has 3 heterocycles. The molecule has 14 heteroatoms. The van der Waals surface area contributed by atoms with Crippen LogP contribution in [-0.4, -0.2) is 81.3 Å². The number of amides is 4. The molecule has 2 aliphatic rings. The molecule has 1 saturated heterocycles. The highest BCUT2D eigenvalue weighted by Crippen LogP contribution is 2.37. The summed E-state index contributed by atoms with van der Waals surface area (Å²) in [4.78, 5) is 68.8. The molecule has 1 aromatic carbocycles. The number of nitrogens with two attached hydrogens (primary N) is 1. The normalized spacial score (nSPS) is 17.9. The Labute approximate surface area is 217 Å². The third-order valence-corrected chi connectivity index (χ3v) is 6.58. The fourth-order valence-electron chi connectivity index (χ4n) is 4.51. The van der Waals surface area contributed by atoms with Gasteiger partial charge in [0.15, 0.2) is 5.78 Å². The molecule has 1 fully saturated rings. The van der Waals surface area contributed by atoms with Gasteiger partial charge in [0, 0.05) is 43.6 Å². The van der Waals surface area contributed by atoms with Crippen LogP contribution in [0, 0.1) is 0 Å². The van der Waals surface area contributed by atoms with E-state index in [1.54, 1.807) is 19.1 Å². The molecule has 2 atom stereocenters. The highest BCUT2D eigenvalue weighted by atomic mass is 16.5. The van der Waals surface area contributed by atoms with Gasteiger partial charge in [-0.1, -0.05) is 18.2 Å². The van der Waals surface area contributed by atoms with E-state index in [0.717, 1.165) is 4.90 Å². The predicted octanol–water partition coefficient (Wildman–Crippen LogP) is 0.248. The largest absolute Gasteiger partial charge is 0.535 e. The predicted molar refractivity (Wildman–Crippen MR) is 133 cm³/mol. The number of piperazine rings is 1. The molecule has 4 rings (SSSR count). The number of fused-ring (bicyclic) bond motifs is 1. The van der Waals surface area contributed by atoms with Gasteiger partial charge in [-0.2, -0.15) is 0 Å². The molecule has 2 aliphatic heterocycles. The summed E-state index contributed by atoms with van der Waals surface area (Å²) >= 11 is 0. The van der Waals surface area contributed by atoms with Crippen molar-refractivity contribution in [1.82, 2.24) is 20.1 Å². The number of Topliss-reactive ketones (excluding diaryl/α,β-unsaturated/α-hetero) is 1. The highest BCUT2D eigenvalue weighted by molar-refractivity contribution is 6.47. The number of likely N-dealkylation sites (N-methyl/N-ethyl adjacent to an activating group) is 1. The molecule has 4 amide bonds. The van der Waals surface area contributed by atoms with Crippen LogP contribution in [-0.2, 0) is 20.8 Å². The molecule has 0 saturated carbocycles. The number of carbonyl (C=O) groups excluding carboxylic acids is 4. The van der Waals surface area contributed by atoms with Crippen molar-refractivity contribution in [2.45, 2.75) is 31.6 Å². The van der Waals surface area contributed by atoms with E-state index in [9.17, 15) is 34.1 Å². The monoisotopic (exact) mass is 523 g/mol. The summed E-state index contributed by atoms with van der Waals surface area (Å²) in [6.07, 6.45) is 1.20. The molecule has 0 spiro atoms. The van der Waals surface area contributed by atoms with Crippen LogP contribution in [0.3, 0.4) is 0 Å². The number of carbonyl (C=O) groups is 5. The van der Waals surface area contributed by atoms with Crippen molar-refractivity contribution in [3.63, 3.8) is 0 Å². The molecule has 198 valence electrons. The SMILES string of the molecule is CCN1CCN(C(=O)NC(C(=O)C[C@H]2Cc3cccc(C(=O)O)c3OB2O)c2ccc(N)nc2)C(=O)C1=O. The van der Waals surface area contributed by atoms with E-state index in [-0.39, 0.29) is 48.6 Å². The minimum Gasteiger partial charge on any atom is -0.535 e. The maximum Gasteiger partial charge on any atom is 0.526 e. The average Bonchev–Trinajstić information content (AvgIpc) is 2.89. The number of aromatic carboxylic acids is 1. The number of benzene rings is 1. The average molecular weight is 523 g/mol. The number of nitrogens with zero attached hydrogens (tertiary/aromatic N) is 3. The number of carboxylic acids is 1. The van der Waals surface area contributed by atoms with Crippen molar-refractivity contribution >= 4 is 42.5 Å². The van der Waals surface area contributed by atoms with Crippen LogP contribution in [0.15, 0.2) is 36.5 Å². The van der Waals surface area contributed by atoms with Crippen LogP contribution in [0.1, 0.15) is 40.9 Å². The van der Waals surface area contributed by atoms with Gasteiger partial charge in [0.1, 0.15) is 17.6 Å². The number of nitrogens with one attached hydrogen (secondary N) is 1. The van der Waals surface area contributed by atoms with E-state index in [0.29, 0.717) is 12.1 Å². The molecule has 38 heavy (non-hydrogen) atoms. The van der Waals surface area contributed by atoms with Crippen LogP contribution >= 0.6 is 0 Å². The Morgan fingerprint density at radius 3 is 2.63 bits per heavy atom. The minimum absolute atomic E-state index is 0.0387. The van der Waals surface area contributed by atoms with Crippen LogP contribution in [0.4, 0.5) is 10.6 Å². The summed E-state index contributed by atoms with van der Waals surface area (Å²) in [5.74, 6) is -4.08. The van der Waals surface area contributed by atoms with Crippen molar-refractivity contribution in [1.29, 1.82) is 0 Å². The van der Waals surface area contributed by atoms with E-state index in [1.165, 1.54) is 29.3 Å². The lowest BCUT2D eigenvalue weighted by atomic mass is 9.64. The van der Waals surface area contributed by atoms with Crippen molar-refractivity contribution in [3.8, 4) is 5.75 Å². The number of carboxylic acid groups (broad SMARTS) is 1. The summed E-state index contributed by atoms with van der Waals surface area (Å²) in [5, 5.41) is 22.5. The number of para-hydroxylation sites is 1. The number of urea groups is 1. The second kappa shape index (κ2) is 10.9. The van der Waals surface area contributed by atoms with Crippen LogP contribution in [0.2, 0.25) is 5.82 Å². The first-order chi connectivity index (χ1) is 18.1. The minimum atomic E-state index is -1.48. The summed E-state index contributed by atoms with van der Waals surface area (Å²) in [7, 11) is -1.48. The first kappa shape index (κ1) is 26.6. The van der Waals surface area contributed by atoms with Crippen molar-refractivity contribution < 1.29 is 38.8 Å². The van der Waals surface area contributed by atoms with Gasteiger partial charge in [-0.3, -0.25) is 19.3 Å². The molecule has 2 aromatic rings. The van der Waals surface area contributed by atoms with E-state index in [4.69, 9.17) is 10.4 Å². The number of anilines is 1. The second-order valence-electron chi connectivity index (χ2n) is 8.98. The van der Waals surface area contributed by atoms with Gasteiger partial charge in [0.25, 0.3) is 0 Å². The maximum absolute atomic E-state index is 13.5. The molecule has 1 aromatic heterocycles. The zero-order chi connectivity index (χ0) is 27.6. The molecule has 13 nitrogen and oxygen atoms in total. The number of pyridine rings is 1. The molecule has 1 unspecified atom stereocenters. The van der Waals surface area contributed by atoms with Crippen molar-refractivity contribution in [2.24, 2.45) is 0 Å². The number of ketones is 1. The zero-order valence-electron chi connectivity index (χ0n) is 20.5. The van der Waals surface area contributed by atoms with Crippen LogP contribution in [0.5, 0.6) is 5.75 Å². The quantitative estimate of drug-likeness (QED) is 0.289. The third kappa shape index (κ3) is 5.30. The van der Waals surface area contributed by atoms with Crippen LogP contribution < -0.4 is 15.7 Å². The molecule has 0 bridgehead atoms. The first-order valence-electron chi connectivity index (χ1n) is 12.0. The summed E-state index contributed by atoms with van der Waals surface area (Å²) < 4.78 is 5.47. The third-order valence-electron chi connectivity index (χ3n) is 6.58. The lowest BCUT2D eigenvalue weighted by Crippen LogP contribution is -2.58. The number of rotatable bonds is 7. The van der Waals surface area contributed by atoms with Gasteiger partial charge in [0.2, 0.25) is 0 Å². The molecule has 5 N–H and O–H groups in total. The molecular formula is C24H26BN5O8. The molecule has 0 aliphatic carbocycles. The molecule has 0 radical (unpaired) electrons. The van der Waals surface area contributed by atoms with Gasteiger partial charge in [-0.05, 0) is 31.0 Å². The Morgan fingerprint density at radius 2 is 1.97 bits per heavy atom. The summed E-state index contributed by atoms with van der Waals surface area (Å²) in [5.41, 5.74) is 6.35. The Hall–Kier alpha value is -4.46. The maximum atomic E-state index is 13.5. The van der Waals surface area contributed by atoms with Crippen molar-refractivity contribution in [2.75, 3.05) is 25.4 Å². The highest BCUT2D eigenvalue weighted by Gasteiger charge is 2.41. The fraction of sp³-hybridized carbons (Fsp3) is 0.333. The van der Waals surface area contributed by atoms with Gasteiger partial charge < -0.3 is 30.7 Å². The Balaban J connectivity index is 1.54. The van der Waals surface area contributed by atoms with E-state index < -0.39 is 48.6 Å².